The van der Waals surface area contributed by atoms with Gasteiger partial charge in [0.1, 0.15) is 0 Å². The van der Waals surface area contributed by atoms with Gasteiger partial charge in [0.2, 0.25) is 5.56 Å². The van der Waals surface area contributed by atoms with E-state index in [0.29, 0.717) is 5.02 Å². The monoisotopic (exact) mass is 260 g/mol. The van der Waals surface area contributed by atoms with E-state index in [1.165, 1.54) is 17.3 Å². The van der Waals surface area contributed by atoms with Crippen LogP contribution in [0.2, 0.25) is 5.02 Å². The summed E-state index contributed by atoms with van der Waals surface area (Å²) in [4.78, 5) is 14.3. The summed E-state index contributed by atoms with van der Waals surface area (Å²) in [5.74, 6) is 0. The Morgan fingerprint density at radius 2 is 1.94 bits per heavy atom. The highest BCUT2D eigenvalue weighted by Gasteiger charge is 2.13. The first kappa shape index (κ1) is 11.4. The molecule has 0 aliphatic rings. The van der Waals surface area contributed by atoms with Crippen LogP contribution in [0.1, 0.15) is 11.3 Å². The van der Waals surface area contributed by atoms with Crippen LogP contribution in [-0.2, 0) is 7.05 Å². The first-order valence-corrected chi connectivity index (χ1v) is 6.15. The molecule has 4 heteroatoms. The number of pyridine rings is 1. The second-order valence-corrected chi connectivity index (χ2v) is 5.04. The normalized spacial score (nSPS) is 11.6. The molecule has 1 N–H and O–H groups in total. The van der Waals surface area contributed by atoms with Gasteiger partial charge in [-0.15, -0.1) is 0 Å². The zero-order chi connectivity index (χ0) is 13.0. The lowest BCUT2D eigenvalue weighted by atomic mass is 10.1. The molecule has 0 aliphatic carbocycles. The lowest BCUT2D eigenvalue weighted by Gasteiger charge is -2.04. The van der Waals surface area contributed by atoms with E-state index in [-0.39, 0.29) is 5.56 Å². The molecule has 1 aromatic carbocycles. The third kappa shape index (κ3) is 1.34. The highest BCUT2D eigenvalue weighted by Crippen LogP contribution is 2.33. The van der Waals surface area contributed by atoms with Crippen molar-refractivity contribution in [1.82, 2.24) is 9.55 Å². The molecule has 3 nitrogen and oxygen atoms in total. The third-order valence-electron chi connectivity index (χ3n) is 3.72. The Morgan fingerprint density at radius 3 is 2.67 bits per heavy atom. The standard InChI is InChI=1S/C14H13ClN2O/c1-7-8(2)17(3)11-5-4-10-14(13(7)11)9(15)6-12(18)16-10/h4-6H,1-3H3,(H,16,18). The Bertz CT molecular complexity index is 842. The van der Waals surface area contributed by atoms with Crippen LogP contribution in [-0.4, -0.2) is 9.55 Å². The average molecular weight is 261 g/mol. The van der Waals surface area contributed by atoms with Gasteiger partial charge in [0.25, 0.3) is 0 Å². The van der Waals surface area contributed by atoms with Crippen LogP contribution in [0.4, 0.5) is 0 Å². The molecule has 0 amide bonds. The van der Waals surface area contributed by atoms with Crippen LogP contribution >= 0.6 is 11.6 Å². The minimum Gasteiger partial charge on any atom is -0.348 e. The van der Waals surface area contributed by atoms with Crippen LogP contribution in [0.5, 0.6) is 0 Å². The molecule has 0 atom stereocenters. The fraction of sp³-hybridized carbons (Fsp3) is 0.214. The first-order valence-electron chi connectivity index (χ1n) is 5.78. The molecular weight excluding hydrogens is 248 g/mol. The largest absolute Gasteiger partial charge is 0.348 e. The molecule has 0 bridgehead atoms. The molecule has 3 rings (SSSR count). The predicted octanol–water partition coefficient (Wildman–Crippen LogP) is 3.29. The number of hydrogen-bond acceptors (Lipinski definition) is 1. The van der Waals surface area contributed by atoms with Gasteiger partial charge in [-0.3, -0.25) is 4.79 Å². The fourth-order valence-corrected chi connectivity index (χ4v) is 2.87. The number of aromatic nitrogens is 2. The SMILES string of the molecule is Cc1c(C)n(C)c2ccc3[nH]c(=O)cc(Cl)c3c12. The van der Waals surface area contributed by atoms with Crippen LogP contribution in [0.15, 0.2) is 23.0 Å². The van der Waals surface area contributed by atoms with E-state index in [9.17, 15) is 4.79 Å². The number of aryl methyl sites for hydroxylation is 2. The van der Waals surface area contributed by atoms with E-state index in [4.69, 9.17) is 11.6 Å². The van der Waals surface area contributed by atoms with Gasteiger partial charge in [0.15, 0.2) is 0 Å². The van der Waals surface area contributed by atoms with Crippen molar-refractivity contribution in [3.63, 3.8) is 0 Å². The summed E-state index contributed by atoms with van der Waals surface area (Å²) in [6, 6.07) is 5.36. The molecule has 0 unspecified atom stereocenters. The Kier molecular flexibility index (Phi) is 2.29. The maximum atomic E-state index is 11.5. The van der Waals surface area contributed by atoms with Gasteiger partial charge in [-0.2, -0.15) is 0 Å². The Balaban J connectivity index is 2.69. The van der Waals surface area contributed by atoms with Gasteiger partial charge < -0.3 is 9.55 Å². The number of nitrogens with zero attached hydrogens (tertiary/aromatic N) is 1. The number of hydrogen-bond donors (Lipinski definition) is 1. The van der Waals surface area contributed by atoms with Gasteiger partial charge in [-0.1, -0.05) is 11.6 Å². The highest BCUT2D eigenvalue weighted by molar-refractivity contribution is 6.37. The van der Waals surface area contributed by atoms with E-state index >= 15 is 0 Å². The molecule has 18 heavy (non-hydrogen) atoms. The average Bonchev–Trinajstić information content (AvgIpc) is 2.54. The van der Waals surface area contributed by atoms with Crippen LogP contribution in [0.3, 0.4) is 0 Å². The van der Waals surface area contributed by atoms with Crippen molar-refractivity contribution in [3.8, 4) is 0 Å². The van der Waals surface area contributed by atoms with Crippen LogP contribution in [0, 0.1) is 13.8 Å². The molecule has 0 spiro atoms. The molecule has 2 aromatic heterocycles. The predicted molar refractivity (Wildman–Crippen MR) is 75.5 cm³/mol. The maximum Gasteiger partial charge on any atom is 0.249 e. The number of halogens is 1. The van der Waals surface area contributed by atoms with Crippen molar-refractivity contribution in [2.45, 2.75) is 13.8 Å². The van der Waals surface area contributed by atoms with Crippen LogP contribution < -0.4 is 5.56 Å². The molecular formula is C14H13ClN2O. The summed E-state index contributed by atoms with van der Waals surface area (Å²) in [6.07, 6.45) is 0. The fourth-order valence-electron chi connectivity index (χ4n) is 2.57. The van der Waals surface area contributed by atoms with Crippen molar-refractivity contribution >= 4 is 33.4 Å². The molecule has 0 fully saturated rings. The lowest BCUT2D eigenvalue weighted by Crippen LogP contribution is -2.03. The molecule has 0 radical (unpaired) electrons. The topological polar surface area (TPSA) is 37.8 Å². The van der Waals surface area contributed by atoms with Crippen molar-refractivity contribution in [2.24, 2.45) is 7.05 Å². The minimum atomic E-state index is -0.169. The van der Waals surface area contributed by atoms with E-state index in [1.54, 1.807) is 0 Å². The summed E-state index contributed by atoms with van der Waals surface area (Å²) >= 11 is 6.25. The summed E-state index contributed by atoms with van der Waals surface area (Å²) in [6.45, 7) is 4.17. The number of benzene rings is 1. The van der Waals surface area contributed by atoms with Crippen molar-refractivity contribution < 1.29 is 0 Å². The Labute approximate surface area is 109 Å². The summed E-state index contributed by atoms with van der Waals surface area (Å²) in [7, 11) is 2.04. The van der Waals surface area contributed by atoms with Crippen LogP contribution in [0.25, 0.3) is 21.8 Å². The molecule has 92 valence electrons. The van der Waals surface area contributed by atoms with Gasteiger partial charge in [-0.05, 0) is 31.5 Å². The summed E-state index contributed by atoms with van der Waals surface area (Å²) in [5, 5.41) is 2.55. The Hall–Kier alpha value is -1.74. The number of nitrogens with one attached hydrogen (secondary N) is 1. The lowest BCUT2D eigenvalue weighted by molar-refractivity contribution is 0.910. The second-order valence-electron chi connectivity index (χ2n) is 4.63. The number of rotatable bonds is 0. The minimum absolute atomic E-state index is 0.169. The van der Waals surface area contributed by atoms with Gasteiger partial charge in [0.05, 0.1) is 10.5 Å². The highest BCUT2D eigenvalue weighted by atomic mass is 35.5. The zero-order valence-electron chi connectivity index (χ0n) is 10.5. The molecule has 2 heterocycles. The van der Waals surface area contributed by atoms with E-state index in [2.05, 4.69) is 23.4 Å². The first-order chi connectivity index (χ1) is 8.50. The van der Waals surface area contributed by atoms with Gasteiger partial charge >= 0.3 is 0 Å². The van der Waals surface area contributed by atoms with E-state index in [1.807, 2.05) is 19.2 Å². The molecule has 3 aromatic rings. The van der Waals surface area contributed by atoms with Gasteiger partial charge in [-0.25, -0.2) is 0 Å². The smallest absolute Gasteiger partial charge is 0.249 e. The zero-order valence-corrected chi connectivity index (χ0v) is 11.2. The van der Waals surface area contributed by atoms with E-state index in [0.717, 1.165) is 21.8 Å². The van der Waals surface area contributed by atoms with Crippen molar-refractivity contribution in [2.75, 3.05) is 0 Å². The van der Waals surface area contributed by atoms with Crippen molar-refractivity contribution in [1.29, 1.82) is 0 Å². The van der Waals surface area contributed by atoms with Crippen molar-refractivity contribution in [3.05, 3.63) is 44.8 Å². The summed E-state index contributed by atoms with van der Waals surface area (Å²) < 4.78 is 2.14. The number of H-pyrrole nitrogens is 1. The molecule has 0 saturated heterocycles. The number of fused-ring (bicyclic) bond motifs is 3. The summed E-state index contributed by atoms with van der Waals surface area (Å²) in [5.41, 5.74) is 4.16. The quantitative estimate of drug-likeness (QED) is 0.662. The Morgan fingerprint density at radius 1 is 1.22 bits per heavy atom. The molecule has 0 saturated carbocycles. The van der Waals surface area contributed by atoms with Gasteiger partial charge in [0, 0.05) is 35.1 Å². The maximum absolute atomic E-state index is 11.5. The molecule has 0 aliphatic heterocycles. The number of aromatic amines is 1. The van der Waals surface area contributed by atoms with E-state index < -0.39 is 0 Å². The second kappa shape index (κ2) is 3.62. The third-order valence-corrected chi connectivity index (χ3v) is 4.02.